The van der Waals surface area contributed by atoms with E-state index in [4.69, 9.17) is 5.73 Å². The number of nitrogens with two attached hydrogens (primary N) is 1. The number of sulfonamides is 1. The first-order valence-electron chi connectivity index (χ1n) is 9.69. The predicted molar refractivity (Wildman–Crippen MR) is 121 cm³/mol. The molecule has 0 saturated carbocycles. The van der Waals surface area contributed by atoms with Gasteiger partial charge < -0.3 is 10.8 Å². The number of ketones is 1. The lowest BCUT2D eigenvalue weighted by atomic mass is 9.69. The number of hydrazone groups is 1. The van der Waals surface area contributed by atoms with E-state index in [1.54, 1.807) is 30.6 Å². The molecule has 4 rings (SSSR count). The molecule has 3 N–H and O–H groups in total. The molecular formula is C21H21BN4O4S. The number of pyridine rings is 1. The van der Waals surface area contributed by atoms with Gasteiger partial charge >= 0.3 is 7.05 Å². The van der Waals surface area contributed by atoms with E-state index in [-0.39, 0.29) is 18.7 Å². The molecule has 31 heavy (non-hydrogen) atoms. The minimum Gasteiger partial charge on any atom is -0.427 e. The first-order valence-corrected chi connectivity index (χ1v) is 11.5. The van der Waals surface area contributed by atoms with Gasteiger partial charge in [0.05, 0.1) is 18.4 Å². The molecule has 0 radical (unpaired) electrons. The second-order valence-corrected chi connectivity index (χ2v) is 9.33. The highest BCUT2D eigenvalue weighted by Gasteiger charge is 2.37. The summed E-state index contributed by atoms with van der Waals surface area (Å²) in [6.07, 6.45) is 5.99. The lowest BCUT2D eigenvalue weighted by molar-refractivity contribution is -0.119. The molecule has 1 aromatic heterocycles. The molecular weight excluding hydrogens is 415 g/mol. The van der Waals surface area contributed by atoms with E-state index in [2.05, 4.69) is 10.1 Å². The van der Waals surface area contributed by atoms with E-state index in [0.717, 1.165) is 22.6 Å². The Balaban J connectivity index is 1.65. The lowest BCUT2D eigenvalue weighted by Gasteiger charge is -2.27. The average Bonchev–Trinajstić information content (AvgIpc) is 2.74. The van der Waals surface area contributed by atoms with Crippen molar-refractivity contribution in [3.63, 3.8) is 0 Å². The fraction of sp³-hybridized carbons (Fsp3) is 0.190. The van der Waals surface area contributed by atoms with Gasteiger partial charge in [0.25, 0.3) is 0 Å². The van der Waals surface area contributed by atoms with Gasteiger partial charge in [0.15, 0.2) is 0 Å². The van der Waals surface area contributed by atoms with Crippen molar-refractivity contribution in [1.82, 2.24) is 9.31 Å². The summed E-state index contributed by atoms with van der Waals surface area (Å²) in [6, 6.07) is 12.7. The molecule has 2 heterocycles. The van der Waals surface area contributed by atoms with Crippen LogP contribution in [-0.2, 0) is 21.2 Å². The maximum absolute atomic E-state index is 13.2. The zero-order valence-corrected chi connectivity index (χ0v) is 17.7. The van der Waals surface area contributed by atoms with Crippen LogP contribution in [0.3, 0.4) is 0 Å². The van der Waals surface area contributed by atoms with E-state index >= 15 is 0 Å². The number of hydrogen-bond donors (Lipinski definition) is 2. The number of fused-ring (bicyclic) bond motifs is 2. The van der Waals surface area contributed by atoms with Gasteiger partial charge in [0, 0.05) is 30.7 Å². The molecule has 0 saturated heterocycles. The molecule has 10 heteroatoms. The van der Waals surface area contributed by atoms with Gasteiger partial charge in [-0.3, -0.25) is 9.78 Å². The predicted octanol–water partition coefficient (Wildman–Crippen LogP) is 0.386. The third-order valence-electron chi connectivity index (χ3n) is 5.38. The van der Waals surface area contributed by atoms with E-state index < -0.39 is 23.0 Å². The molecule has 0 spiro atoms. The van der Waals surface area contributed by atoms with Gasteiger partial charge in [-0.1, -0.05) is 36.4 Å². The standard InChI is InChI=1S/C21H21BN4O4S/c1-31(29,30)26-22(28)20-4-2-3-17(19(20)13-25-26)18(11-23)21(27)10-14-5-6-16-12-24-8-7-15(16)9-14/h2-9,12-13,18,28H,10-11,23H2,1H3. The molecule has 0 amide bonds. The molecule has 1 aliphatic heterocycles. The van der Waals surface area contributed by atoms with Crippen molar-refractivity contribution >= 4 is 45.3 Å². The Morgan fingerprint density at radius 3 is 2.77 bits per heavy atom. The van der Waals surface area contributed by atoms with Crippen LogP contribution in [0, 0.1) is 0 Å². The summed E-state index contributed by atoms with van der Waals surface area (Å²) in [4.78, 5) is 17.3. The first-order chi connectivity index (χ1) is 14.8. The van der Waals surface area contributed by atoms with Crippen molar-refractivity contribution in [3.8, 4) is 0 Å². The second-order valence-electron chi connectivity index (χ2n) is 7.49. The molecule has 0 fully saturated rings. The van der Waals surface area contributed by atoms with Gasteiger partial charge in [-0.05, 0) is 33.6 Å². The van der Waals surface area contributed by atoms with Crippen LogP contribution in [-0.4, -0.2) is 54.6 Å². The fourth-order valence-corrected chi connectivity index (χ4v) is 4.54. The van der Waals surface area contributed by atoms with Gasteiger partial charge in [0.2, 0.25) is 10.0 Å². The number of benzene rings is 2. The summed E-state index contributed by atoms with van der Waals surface area (Å²) in [7, 11) is -5.20. The molecule has 158 valence electrons. The molecule has 1 aliphatic rings. The molecule has 2 aromatic carbocycles. The van der Waals surface area contributed by atoms with Crippen LogP contribution in [0.1, 0.15) is 22.6 Å². The third-order valence-corrected chi connectivity index (χ3v) is 6.36. The summed E-state index contributed by atoms with van der Waals surface area (Å²) < 4.78 is 24.4. The molecule has 8 nitrogen and oxygen atoms in total. The largest absolute Gasteiger partial charge is 0.484 e. The topological polar surface area (TPSA) is 126 Å². The highest BCUT2D eigenvalue weighted by molar-refractivity contribution is 7.89. The second kappa shape index (κ2) is 8.22. The number of carbonyl (C=O) groups is 1. The van der Waals surface area contributed by atoms with Crippen molar-refractivity contribution in [2.24, 2.45) is 10.8 Å². The Labute approximate surface area is 180 Å². The fourth-order valence-electron chi connectivity index (χ4n) is 3.84. The SMILES string of the molecule is CS(=O)(=O)N1N=Cc2c(cccc2C(CN)C(=O)Cc2ccc3cnccc3c2)B1O. The number of carbonyl (C=O) groups excluding carboxylic acids is 1. The van der Waals surface area contributed by atoms with Crippen LogP contribution >= 0.6 is 0 Å². The maximum Gasteiger partial charge on any atom is 0.484 e. The maximum atomic E-state index is 13.2. The van der Waals surface area contributed by atoms with Crippen molar-refractivity contribution in [3.05, 3.63) is 71.5 Å². The van der Waals surface area contributed by atoms with Gasteiger partial charge in [-0.15, -0.1) is 0 Å². The zero-order chi connectivity index (χ0) is 22.2. The highest BCUT2D eigenvalue weighted by Crippen LogP contribution is 2.24. The Hall–Kier alpha value is -3.08. The Bertz CT molecular complexity index is 1300. The van der Waals surface area contributed by atoms with Gasteiger partial charge in [-0.25, -0.2) is 12.7 Å². The monoisotopic (exact) mass is 436 g/mol. The van der Waals surface area contributed by atoms with E-state index in [1.165, 1.54) is 6.21 Å². The van der Waals surface area contributed by atoms with Crippen LogP contribution in [0.4, 0.5) is 0 Å². The highest BCUT2D eigenvalue weighted by atomic mass is 32.2. The quantitative estimate of drug-likeness (QED) is 0.539. The molecule has 1 atom stereocenters. The Morgan fingerprint density at radius 1 is 1.23 bits per heavy atom. The zero-order valence-electron chi connectivity index (χ0n) is 16.8. The molecule has 0 aliphatic carbocycles. The van der Waals surface area contributed by atoms with E-state index in [0.29, 0.717) is 20.9 Å². The van der Waals surface area contributed by atoms with Crippen molar-refractivity contribution < 1.29 is 18.2 Å². The number of rotatable bonds is 6. The Morgan fingerprint density at radius 2 is 2.03 bits per heavy atom. The van der Waals surface area contributed by atoms with Crippen LogP contribution in [0.25, 0.3) is 10.8 Å². The number of Topliss-reactive ketones (excluding diaryl/α,β-unsaturated/α-hetero) is 1. The van der Waals surface area contributed by atoms with Crippen LogP contribution in [0.15, 0.2) is 60.0 Å². The number of hydrogen-bond acceptors (Lipinski definition) is 7. The minimum atomic E-state index is -3.74. The van der Waals surface area contributed by atoms with Crippen molar-refractivity contribution in [1.29, 1.82) is 0 Å². The number of aromatic nitrogens is 1. The van der Waals surface area contributed by atoms with Gasteiger partial charge in [-0.2, -0.15) is 5.10 Å². The lowest BCUT2D eigenvalue weighted by Crippen LogP contribution is -2.52. The van der Waals surface area contributed by atoms with E-state index in [1.807, 2.05) is 24.3 Å². The van der Waals surface area contributed by atoms with Crippen molar-refractivity contribution in [2.75, 3.05) is 12.8 Å². The smallest absolute Gasteiger partial charge is 0.427 e. The summed E-state index contributed by atoms with van der Waals surface area (Å²) in [5, 5.41) is 16.4. The van der Waals surface area contributed by atoms with Crippen LogP contribution in [0.5, 0.6) is 0 Å². The summed E-state index contributed by atoms with van der Waals surface area (Å²) in [5.41, 5.74) is 8.33. The van der Waals surface area contributed by atoms with E-state index in [9.17, 15) is 18.2 Å². The van der Waals surface area contributed by atoms with Gasteiger partial charge in [0.1, 0.15) is 5.78 Å². The summed E-state index contributed by atoms with van der Waals surface area (Å²) in [5.74, 6) is -0.691. The molecule has 0 bridgehead atoms. The average molecular weight is 436 g/mol. The van der Waals surface area contributed by atoms with Crippen molar-refractivity contribution in [2.45, 2.75) is 12.3 Å². The molecule has 3 aromatic rings. The Kier molecular flexibility index (Phi) is 5.61. The third kappa shape index (κ3) is 4.09. The number of nitrogens with zero attached hydrogens (tertiary/aromatic N) is 3. The van der Waals surface area contributed by atoms with Crippen LogP contribution in [0.2, 0.25) is 0 Å². The first kappa shape index (κ1) is 21.2. The summed E-state index contributed by atoms with van der Waals surface area (Å²) >= 11 is 0. The van der Waals surface area contributed by atoms with Crippen LogP contribution < -0.4 is 11.2 Å². The minimum absolute atomic E-state index is 0.0715. The normalized spacial score (nSPS) is 14.5. The molecule has 1 unspecified atom stereocenters. The summed E-state index contributed by atoms with van der Waals surface area (Å²) in [6.45, 7) is 0.0759.